The minimum absolute atomic E-state index is 0.229. The molecule has 8 heteroatoms. The minimum Gasteiger partial charge on any atom is -0.495 e. The summed E-state index contributed by atoms with van der Waals surface area (Å²) in [6.45, 7) is 5.52. The second kappa shape index (κ2) is 8.24. The first kappa shape index (κ1) is 20.2. The van der Waals surface area contributed by atoms with E-state index in [1.165, 1.54) is 0 Å². The smallest absolute Gasteiger partial charge is 0.261 e. The number of anilines is 2. The van der Waals surface area contributed by atoms with Crippen molar-refractivity contribution < 1.29 is 13.2 Å². The fourth-order valence-electron chi connectivity index (χ4n) is 3.00. The first-order valence-electron chi connectivity index (χ1n) is 8.70. The molecule has 0 spiro atoms. The maximum atomic E-state index is 12.9. The molecule has 146 valence electrons. The third-order valence-corrected chi connectivity index (χ3v) is 7.27. The molecule has 1 saturated heterocycles. The lowest BCUT2D eigenvalue weighted by Crippen LogP contribution is -2.44. The molecule has 1 aliphatic heterocycles. The van der Waals surface area contributed by atoms with Gasteiger partial charge in [-0.05, 0) is 72.5 Å². The summed E-state index contributed by atoms with van der Waals surface area (Å²) in [4.78, 5) is 4.66. The van der Waals surface area contributed by atoms with E-state index in [1.807, 2.05) is 19.1 Å². The monoisotopic (exact) mass is 501 g/mol. The fraction of sp³-hybridized carbons (Fsp3) is 0.368. The molecule has 0 bridgehead atoms. The second-order valence-electron chi connectivity index (χ2n) is 6.69. The van der Waals surface area contributed by atoms with Crippen LogP contribution in [-0.4, -0.2) is 53.7 Å². The largest absolute Gasteiger partial charge is 0.495 e. The molecule has 0 aliphatic carbocycles. The van der Waals surface area contributed by atoms with E-state index in [4.69, 9.17) is 4.74 Å². The molecule has 6 nitrogen and oxygen atoms in total. The Morgan fingerprint density at radius 1 is 1.07 bits per heavy atom. The highest BCUT2D eigenvalue weighted by Gasteiger charge is 2.22. The Hall–Kier alpha value is -1.52. The van der Waals surface area contributed by atoms with Gasteiger partial charge in [0.1, 0.15) is 5.75 Å². The number of nitrogens with zero attached hydrogens (tertiary/aromatic N) is 2. The van der Waals surface area contributed by atoms with Crippen molar-refractivity contribution in [1.82, 2.24) is 4.90 Å². The molecule has 0 amide bonds. The molecule has 1 fully saturated rings. The number of halogens is 1. The highest BCUT2D eigenvalue weighted by molar-refractivity contribution is 14.1. The number of benzene rings is 2. The molecule has 1 heterocycles. The van der Waals surface area contributed by atoms with Gasteiger partial charge in [-0.1, -0.05) is 6.07 Å². The van der Waals surface area contributed by atoms with Crippen molar-refractivity contribution >= 4 is 44.0 Å². The lowest BCUT2D eigenvalue weighted by molar-refractivity contribution is 0.311. The number of ether oxygens (including phenoxy) is 1. The minimum atomic E-state index is -3.69. The van der Waals surface area contributed by atoms with E-state index < -0.39 is 10.0 Å². The van der Waals surface area contributed by atoms with Gasteiger partial charge in [0.25, 0.3) is 10.0 Å². The van der Waals surface area contributed by atoms with E-state index in [0.717, 1.165) is 41.0 Å². The summed E-state index contributed by atoms with van der Waals surface area (Å²) < 4.78 is 35.0. The maximum absolute atomic E-state index is 12.9. The van der Waals surface area contributed by atoms with Gasteiger partial charge in [-0.2, -0.15) is 0 Å². The maximum Gasteiger partial charge on any atom is 0.261 e. The van der Waals surface area contributed by atoms with Gasteiger partial charge < -0.3 is 14.5 Å². The zero-order valence-corrected chi connectivity index (χ0v) is 18.7. The van der Waals surface area contributed by atoms with Gasteiger partial charge in [0.2, 0.25) is 0 Å². The summed E-state index contributed by atoms with van der Waals surface area (Å²) in [5, 5.41) is 0. The van der Waals surface area contributed by atoms with Crippen molar-refractivity contribution in [2.75, 3.05) is 50.0 Å². The molecule has 27 heavy (non-hydrogen) atoms. The van der Waals surface area contributed by atoms with E-state index >= 15 is 0 Å². The lowest BCUT2D eigenvalue weighted by Gasteiger charge is -2.34. The highest BCUT2D eigenvalue weighted by Crippen LogP contribution is 2.32. The standard InChI is InChI=1S/C19H24IN3O3S/c1-14-4-5-15(12-17(14)20)21-27(24,25)16-6-7-19(26-3)18(13-16)23-10-8-22(2)9-11-23/h4-7,12-13,21H,8-11H2,1-3H3. The molecule has 0 saturated carbocycles. The summed E-state index contributed by atoms with van der Waals surface area (Å²) in [6.07, 6.45) is 0. The van der Waals surface area contributed by atoms with Crippen molar-refractivity contribution in [3.63, 3.8) is 0 Å². The number of methoxy groups -OCH3 is 1. The average Bonchev–Trinajstić information content (AvgIpc) is 2.64. The SMILES string of the molecule is COc1ccc(S(=O)(=O)Nc2ccc(C)c(I)c2)cc1N1CCN(C)CC1. The number of hydrogen-bond acceptors (Lipinski definition) is 5. The zero-order valence-electron chi connectivity index (χ0n) is 15.7. The molecule has 0 atom stereocenters. The van der Waals surface area contributed by atoms with E-state index in [-0.39, 0.29) is 4.90 Å². The van der Waals surface area contributed by atoms with E-state index in [0.29, 0.717) is 11.4 Å². The topological polar surface area (TPSA) is 61.9 Å². The predicted molar refractivity (Wildman–Crippen MR) is 117 cm³/mol. The number of aryl methyl sites for hydroxylation is 1. The molecular weight excluding hydrogens is 477 g/mol. The van der Waals surface area contributed by atoms with Crippen molar-refractivity contribution in [2.24, 2.45) is 0 Å². The molecule has 2 aromatic rings. The number of nitrogens with one attached hydrogen (secondary N) is 1. The Labute approximate surface area is 174 Å². The van der Waals surface area contributed by atoms with Gasteiger partial charge in [-0.3, -0.25) is 4.72 Å². The third kappa shape index (κ3) is 4.67. The number of likely N-dealkylation sites (N-methyl/N-ethyl adjacent to an activating group) is 1. The van der Waals surface area contributed by atoms with E-state index in [1.54, 1.807) is 31.4 Å². The van der Waals surface area contributed by atoms with Crippen LogP contribution in [0.25, 0.3) is 0 Å². The Morgan fingerprint density at radius 3 is 2.41 bits per heavy atom. The van der Waals surface area contributed by atoms with Crippen LogP contribution in [0.2, 0.25) is 0 Å². The number of piperazine rings is 1. The van der Waals surface area contributed by atoms with Crippen LogP contribution in [0.4, 0.5) is 11.4 Å². The van der Waals surface area contributed by atoms with Gasteiger partial charge >= 0.3 is 0 Å². The van der Waals surface area contributed by atoms with Crippen molar-refractivity contribution in [3.8, 4) is 5.75 Å². The lowest BCUT2D eigenvalue weighted by atomic mass is 10.2. The summed E-state index contributed by atoms with van der Waals surface area (Å²) in [5.74, 6) is 0.684. The number of sulfonamides is 1. The molecule has 0 aromatic heterocycles. The molecule has 3 rings (SSSR count). The van der Waals surface area contributed by atoms with Crippen LogP contribution in [0, 0.1) is 10.5 Å². The average molecular weight is 501 g/mol. The first-order valence-corrected chi connectivity index (χ1v) is 11.3. The molecule has 0 unspecified atom stereocenters. The van der Waals surface area contributed by atoms with Crippen LogP contribution < -0.4 is 14.4 Å². The van der Waals surface area contributed by atoms with Crippen molar-refractivity contribution in [1.29, 1.82) is 0 Å². The quantitative estimate of drug-likeness (QED) is 0.639. The highest BCUT2D eigenvalue weighted by atomic mass is 127. The fourth-order valence-corrected chi connectivity index (χ4v) is 4.59. The van der Waals surface area contributed by atoms with Gasteiger partial charge in [0.05, 0.1) is 17.7 Å². The normalized spacial score (nSPS) is 15.6. The van der Waals surface area contributed by atoms with Crippen LogP contribution in [-0.2, 0) is 10.0 Å². The third-order valence-electron chi connectivity index (χ3n) is 4.73. The van der Waals surface area contributed by atoms with E-state index in [9.17, 15) is 8.42 Å². The first-order chi connectivity index (χ1) is 12.8. The molecule has 1 N–H and O–H groups in total. The molecule has 1 aliphatic rings. The van der Waals surface area contributed by atoms with Gasteiger partial charge in [0.15, 0.2) is 0 Å². The van der Waals surface area contributed by atoms with Crippen LogP contribution in [0.3, 0.4) is 0 Å². The molecule has 0 radical (unpaired) electrons. The Balaban J connectivity index is 1.90. The van der Waals surface area contributed by atoms with Crippen LogP contribution in [0.15, 0.2) is 41.3 Å². The van der Waals surface area contributed by atoms with Gasteiger partial charge in [-0.15, -0.1) is 0 Å². The van der Waals surface area contributed by atoms with Gasteiger partial charge in [-0.25, -0.2) is 8.42 Å². The van der Waals surface area contributed by atoms with Crippen LogP contribution in [0.5, 0.6) is 5.75 Å². The summed E-state index contributed by atoms with van der Waals surface area (Å²) in [5.41, 5.74) is 2.48. The van der Waals surface area contributed by atoms with E-state index in [2.05, 4.69) is 44.2 Å². The summed E-state index contributed by atoms with van der Waals surface area (Å²) in [7, 11) is 0.00652. The predicted octanol–water partition coefficient (Wildman–Crippen LogP) is 3.16. The number of rotatable bonds is 5. The van der Waals surface area contributed by atoms with Crippen molar-refractivity contribution in [3.05, 3.63) is 45.5 Å². The second-order valence-corrected chi connectivity index (χ2v) is 9.54. The Kier molecular flexibility index (Phi) is 6.17. The van der Waals surface area contributed by atoms with Crippen molar-refractivity contribution in [2.45, 2.75) is 11.8 Å². The van der Waals surface area contributed by atoms with Crippen LogP contribution >= 0.6 is 22.6 Å². The van der Waals surface area contributed by atoms with Gasteiger partial charge in [0, 0.05) is 35.4 Å². The molecule has 2 aromatic carbocycles. The summed E-state index contributed by atoms with van der Waals surface area (Å²) in [6, 6.07) is 10.5. The number of hydrogen-bond donors (Lipinski definition) is 1. The molecular formula is C19H24IN3O3S. The summed E-state index contributed by atoms with van der Waals surface area (Å²) >= 11 is 2.20. The zero-order chi connectivity index (χ0) is 19.6. The van der Waals surface area contributed by atoms with Crippen LogP contribution in [0.1, 0.15) is 5.56 Å². The Bertz CT molecular complexity index is 926. The Morgan fingerprint density at radius 2 is 1.78 bits per heavy atom.